The van der Waals surface area contributed by atoms with Crippen molar-refractivity contribution < 1.29 is 0 Å². The van der Waals surface area contributed by atoms with E-state index in [-0.39, 0.29) is 0 Å². The maximum atomic E-state index is 4.59. The normalized spacial score (nSPS) is 28.4. The molecule has 0 aromatic heterocycles. The zero-order valence-corrected chi connectivity index (χ0v) is 11.9. The Morgan fingerprint density at radius 2 is 1.88 bits per heavy atom. The quantitative estimate of drug-likeness (QED) is 0.476. The van der Waals surface area contributed by atoms with Gasteiger partial charge in [-0.25, -0.2) is 0 Å². The molecule has 0 amide bonds. The summed E-state index contributed by atoms with van der Waals surface area (Å²) in [5.41, 5.74) is 0. The van der Waals surface area contributed by atoms with Crippen molar-refractivity contribution in [2.45, 2.75) is 70.5 Å². The van der Waals surface area contributed by atoms with Crippen LogP contribution in [0.1, 0.15) is 65.2 Å². The summed E-state index contributed by atoms with van der Waals surface area (Å²) in [6.45, 7) is 4.62. The van der Waals surface area contributed by atoms with Crippen molar-refractivity contribution in [3.63, 3.8) is 0 Å². The van der Waals surface area contributed by atoms with Crippen LogP contribution in [0, 0.1) is 11.8 Å². The number of hydrogen-bond donors (Lipinski definition) is 1. The van der Waals surface area contributed by atoms with E-state index in [2.05, 4.69) is 38.6 Å². The first-order valence-corrected chi connectivity index (χ1v) is 7.58. The highest BCUT2D eigenvalue weighted by atomic mass is 32.1. The Bertz CT molecular complexity index is 190. The molecule has 0 N–H and O–H groups in total. The van der Waals surface area contributed by atoms with Crippen LogP contribution < -0.4 is 0 Å². The van der Waals surface area contributed by atoms with Crippen LogP contribution in [-0.4, -0.2) is 5.25 Å². The fourth-order valence-electron chi connectivity index (χ4n) is 2.53. The zero-order chi connectivity index (χ0) is 11.8. The molecular formula is C15H28S. The average Bonchev–Trinajstić information content (AvgIpc) is 2.27. The van der Waals surface area contributed by atoms with Crippen LogP contribution in [0.25, 0.3) is 0 Å². The monoisotopic (exact) mass is 240 g/mol. The van der Waals surface area contributed by atoms with Gasteiger partial charge in [0, 0.05) is 5.25 Å². The second-order valence-corrected chi connectivity index (χ2v) is 6.20. The summed E-state index contributed by atoms with van der Waals surface area (Å²) in [6.07, 6.45) is 15.6. The molecule has 1 unspecified atom stereocenters. The third-order valence-electron chi connectivity index (χ3n) is 3.76. The number of rotatable bonds is 6. The van der Waals surface area contributed by atoms with Crippen LogP contribution in [0.2, 0.25) is 0 Å². The first-order chi connectivity index (χ1) is 7.72. The van der Waals surface area contributed by atoms with Gasteiger partial charge in [0.25, 0.3) is 0 Å². The van der Waals surface area contributed by atoms with Crippen molar-refractivity contribution in [1.82, 2.24) is 0 Å². The van der Waals surface area contributed by atoms with Crippen molar-refractivity contribution in [3.05, 3.63) is 12.2 Å². The SMILES string of the molecule is CCCC(S)CCC=CC1CCC(C)CC1. The van der Waals surface area contributed by atoms with Crippen LogP contribution in [0.4, 0.5) is 0 Å². The molecule has 0 aromatic carbocycles. The van der Waals surface area contributed by atoms with E-state index in [1.165, 1.54) is 51.4 Å². The van der Waals surface area contributed by atoms with Crippen LogP contribution in [0.5, 0.6) is 0 Å². The van der Waals surface area contributed by atoms with Gasteiger partial charge in [-0.2, -0.15) is 12.6 Å². The van der Waals surface area contributed by atoms with E-state index in [1.54, 1.807) is 0 Å². The molecule has 1 atom stereocenters. The summed E-state index contributed by atoms with van der Waals surface area (Å²) in [6, 6.07) is 0. The molecule has 0 heterocycles. The van der Waals surface area contributed by atoms with Gasteiger partial charge < -0.3 is 0 Å². The minimum absolute atomic E-state index is 0.612. The molecule has 1 aliphatic rings. The van der Waals surface area contributed by atoms with Crippen molar-refractivity contribution in [2.75, 3.05) is 0 Å². The summed E-state index contributed by atoms with van der Waals surface area (Å²) in [7, 11) is 0. The molecule has 1 fully saturated rings. The molecule has 0 spiro atoms. The van der Waals surface area contributed by atoms with Gasteiger partial charge in [0.05, 0.1) is 0 Å². The van der Waals surface area contributed by atoms with E-state index in [0.717, 1.165) is 11.8 Å². The van der Waals surface area contributed by atoms with Crippen LogP contribution in [0.15, 0.2) is 12.2 Å². The Hall–Kier alpha value is 0.0900. The van der Waals surface area contributed by atoms with E-state index in [4.69, 9.17) is 0 Å². The first-order valence-electron chi connectivity index (χ1n) is 7.07. The van der Waals surface area contributed by atoms with Gasteiger partial charge in [0.2, 0.25) is 0 Å². The molecule has 0 saturated heterocycles. The molecule has 0 bridgehead atoms. The van der Waals surface area contributed by atoms with Gasteiger partial charge in [-0.15, -0.1) is 0 Å². The fraction of sp³-hybridized carbons (Fsp3) is 0.867. The molecule has 0 nitrogen and oxygen atoms in total. The summed E-state index contributed by atoms with van der Waals surface area (Å²) in [5, 5.41) is 0.612. The Kier molecular flexibility index (Phi) is 7.27. The van der Waals surface area contributed by atoms with Gasteiger partial charge >= 0.3 is 0 Å². The van der Waals surface area contributed by atoms with Crippen molar-refractivity contribution in [1.29, 1.82) is 0 Å². The van der Waals surface area contributed by atoms with Gasteiger partial charge in [-0.3, -0.25) is 0 Å². The summed E-state index contributed by atoms with van der Waals surface area (Å²) < 4.78 is 0. The smallest absolute Gasteiger partial charge is 0.00196 e. The standard InChI is InChI=1S/C15H28S/c1-3-6-15(16)8-5-4-7-14-11-9-13(2)10-12-14/h4,7,13-16H,3,5-6,8-12H2,1-2H3. The average molecular weight is 240 g/mol. The Labute approximate surface area is 107 Å². The van der Waals surface area contributed by atoms with Crippen molar-refractivity contribution in [2.24, 2.45) is 11.8 Å². The van der Waals surface area contributed by atoms with Crippen LogP contribution in [0.3, 0.4) is 0 Å². The van der Waals surface area contributed by atoms with Crippen molar-refractivity contribution in [3.8, 4) is 0 Å². The van der Waals surface area contributed by atoms with E-state index in [0.29, 0.717) is 5.25 Å². The minimum atomic E-state index is 0.612. The molecule has 1 rings (SSSR count). The lowest BCUT2D eigenvalue weighted by Gasteiger charge is -2.23. The molecule has 0 aliphatic heterocycles. The predicted molar refractivity (Wildman–Crippen MR) is 77.2 cm³/mol. The predicted octanol–water partition coefficient (Wildman–Crippen LogP) is 5.25. The molecule has 1 aliphatic carbocycles. The zero-order valence-electron chi connectivity index (χ0n) is 11.0. The second kappa shape index (κ2) is 8.22. The summed E-state index contributed by atoms with van der Waals surface area (Å²) >= 11 is 4.59. The summed E-state index contributed by atoms with van der Waals surface area (Å²) in [5.74, 6) is 1.84. The topological polar surface area (TPSA) is 0 Å². The lowest BCUT2D eigenvalue weighted by Crippen LogP contribution is -2.10. The Morgan fingerprint density at radius 1 is 1.19 bits per heavy atom. The Balaban J connectivity index is 2.08. The molecule has 16 heavy (non-hydrogen) atoms. The number of allylic oxidation sites excluding steroid dienone is 2. The second-order valence-electron chi connectivity index (χ2n) is 5.47. The van der Waals surface area contributed by atoms with Gasteiger partial charge in [0.15, 0.2) is 0 Å². The minimum Gasteiger partial charge on any atom is -0.176 e. The summed E-state index contributed by atoms with van der Waals surface area (Å²) in [4.78, 5) is 0. The number of thiol groups is 1. The van der Waals surface area contributed by atoms with Crippen LogP contribution >= 0.6 is 12.6 Å². The lowest BCUT2D eigenvalue weighted by molar-refractivity contribution is 0.330. The van der Waals surface area contributed by atoms with E-state index in [1.807, 2.05) is 0 Å². The van der Waals surface area contributed by atoms with Gasteiger partial charge in [-0.1, -0.05) is 45.3 Å². The highest BCUT2D eigenvalue weighted by Gasteiger charge is 2.15. The molecule has 1 heteroatoms. The molecular weight excluding hydrogens is 212 g/mol. The lowest BCUT2D eigenvalue weighted by atomic mass is 9.83. The molecule has 0 radical (unpaired) electrons. The maximum absolute atomic E-state index is 4.59. The third-order valence-corrected chi connectivity index (χ3v) is 4.27. The number of hydrogen-bond acceptors (Lipinski definition) is 1. The van der Waals surface area contributed by atoms with Crippen LogP contribution in [-0.2, 0) is 0 Å². The van der Waals surface area contributed by atoms with Gasteiger partial charge in [-0.05, 0) is 43.9 Å². The largest absolute Gasteiger partial charge is 0.176 e. The van der Waals surface area contributed by atoms with E-state index >= 15 is 0 Å². The van der Waals surface area contributed by atoms with Crippen molar-refractivity contribution >= 4 is 12.6 Å². The highest BCUT2D eigenvalue weighted by Crippen LogP contribution is 2.29. The highest BCUT2D eigenvalue weighted by molar-refractivity contribution is 7.80. The maximum Gasteiger partial charge on any atom is 0.00196 e. The van der Waals surface area contributed by atoms with Gasteiger partial charge in [0.1, 0.15) is 0 Å². The third kappa shape index (κ3) is 5.98. The molecule has 1 saturated carbocycles. The van der Waals surface area contributed by atoms with E-state index in [9.17, 15) is 0 Å². The molecule has 94 valence electrons. The first kappa shape index (κ1) is 14.2. The fourth-order valence-corrected chi connectivity index (χ4v) is 2.94. The van der Waals surface area contributed by atoms with E-state index < -0.39 is 0 Å². The Morgan fingerprint density at radius 3 is 2.50 bits per heavy atom. The molecule has 0 aromatic rings.